The molecule has 0 N–H and O–H groups in total. The quantitative estimate of drug-likeness (QED) is 0.0497. The lowest BCUT2D eigenvalue weighted by molar-refractivity contribution is -0.921. The van der Waals surface area contributed by atoms with Crippen molar-refractivity contribution in [3.05, 3.63) is 60.7 Å². The molecule has 0 unspecified atom stereocenters. The van der Waals surface area contributed by atoms with Gasteiger partial charge in [-0.05, 0) is 27.7 Å². The Kier molecular flexibility index (Phi) is 26.3. The van der Waals surface area contributed by atoms with Crippen molar-refractivity contribution >= 4 is 17.1 Å². The Bertz CT molecular complexity index is 808. The molecule has 0 aliphatic rings. The molecule has 0 radical (unpaired) electrons. The minimum absolute atomic E-state index is 0.685. The molecule has 0 atom stereocenters. The molecule has 0 saturated carbocycles. The van der Waals surface area contributed by atoms with Gasteiger partial charge in [-0.15, -0.1) is 0 Å². The van der Waals surface area contributed by atoms with Gasteiger partial charge in [0.2, 0.25) is 0 Å². The highest BCUT2D eigenvalue weighted by atomic mass is 15.3. The Labute approximate surface area is 290 Å². The summed E-state index contributed by atoms with van der Waals surface area (Å²) < 4.78 is 1.28. The van der Waals surface area contributed by atoms with Gasteiger partial charge in [0.1, 0.15) is 0 Å². The van der Waals surface area contributed by atoms with Crippen LogP contribution in [0.15, 0.2) is 60.7 Å². The van der Waals surface area contributed by atoms with Crippen LogP contribution in [-0.4, -0.2) is 36.8 Å². The van der Waals surface area contributed by atoms with Crippen LogP contribution in [0.4, 0.5) is 0 Å². The lowest BCUT2D eigenvalue weighted by Gasteiger charge is -2.42. The third-order valence-corrected chi connectivity index (χ3v) is 11.7. The van der Waals surface area contributed by atoms with Crippen LogP contribution in [0.25, 0.3) is 0 Å². The first-order valence-electron chi connectivity index (χ1n) is 20.7. The van der Waals surface area contributed by atoms with E-state index in [-0.39, 0.29) is 0 Å². The fourth-order valence-corrected chi connectivity index (χ4v) is 7.95. The molecule has 1 nitrogen and oxygen atoms in total. The predicted octanol–water partition coefficient (Wildman–Crippen LogP) is 13.0. The first kappa shape index (κ1) is 42.5. The summed E-state index contributed by atoms with van der Waals surface area (Å²) in [7, 11) is 0. The fourth-order valence-electron chi connectivity index (χ4n) is 7.95. The topological polar surface area (TPSA) is 0 Å². The molecule has 0 fully saturated rings. The second-order valence-corrected chi connectivity index (χ2v) is 14.6. The summed E-state index contributed by atoms with van der Waals surface area (Å²) in [6.45, 7) is 18.8. The summed E-state index contributed by atoms with van der Waals surface area (Å²) in [5.74, 6) is 0. The monoisotopic (exact) mass is 634 g/mol. The molecule has 0 bridgehead atoms. The highest BCUT2D eigenvalue weighted by molar-refractivity contribution is 7.02. The van der Waals surface area contributed by atoms with Crippen molar-refractivity contribution in [1.82, 2.24) is 0 Å². The fraction of sp³-hybridized carbons (Fsp3) is 0.727. The molecule has 2 aromatic rings. The Morgan fingerprint density at radius 3 is 0.848 bits per heavy atom. The first-order valence-corrected chi connectivity index (χ1v) is 20.7. The van der Waals surface area contributed by atoms with Gasteiger partial charge in [-0.25, -0.2) is 10.9 Å². The molecular weight excluding hydrogens is 553 g/mol. The Balaban J connectivity index is 0.00000102. The molecule has 0 aromatic heterocycles. The number of benzene rings is 2. The van der Waals surface area contributed by atoms with Gasteiger partial charge in [0, 0.05) is 0 Å². The van der Waals surface area contributed by atoms with E-state index in [1.165, 1.54) is 172 Å². The molecule has 0 saturated heterocycles. The standard InChI is InChI=1S/C36H60B.C8H20N/c1-3-5-7-9-11-13-15-17-19-27-33-37(35-29-23-21-24-30-35,36-31-25-22-26-32-36)34-28-20-18-16-14-12-10-8-6-4-2;1-5-9(6-2,7-3)8-4/h21-26,29-32H,3-20,27-28,33-34H2,1-2H3;5-8H2,1-4H3/q-1;+1. The molecule has 264 valence electrons. The van der Waals surface area contributed by atoms with E-state index in [1.807, 2.05) is 0 Å². The van der Waals surface area contributed by atoms with Gasteiger partial charge in [0.25, 0.3) is 0 Å². The van der Waals surface area contributed by atoms with Gasteiger partial charge in [-0.3, -0.25) is 0 Å². The van der Waals surface area contributed by atoms with Crippen molar-refractivity contribution < 1.29 is 4.48 Å². The number of nitrogens with zero attached hydrogens (tertiary/aromatic N) is 1. The molecular formula is C44H80BN. The van der Waals surface area contributed by atoms with Gasteiger partial charge in [-0.1, -0.05) is 203 Å². The average Bonchev–Trinajstić information content (AvgIpc) is 3.11. The molecule has 2 heteroatoms. The van der Waals surface area contributed by atoms with E-state index in [0.717, 1.165) is 0 Å². The molecule has 0 amide bonds. The van der Waals surface area contributed by atoms with Gasteiger partial charge in [0.05, 0.1) is 32.3 Å². The maximum Gasteiger partial charge on any atom is 0.0757 e. The third-order valence-electron chi connectivity index (χ3n) is 11.7. The molecule has 0 aliphatic heterocycles. The SMILES string of the molecule is CCCCCCCCCCCC[B-](CCCCCCCCCCCC)(c1ccccc1)c1ccccc1.CC[N+](CC)(CC)CC. The van der Waals surface area contributed by atoms with Crippen LogP contribution in [-0.2, 0) is 0 Å². The van der Waals surface area contributed by atoms with Crippen molar-refractivity contribution in [3.63, 3.8) is 0 Å². The van der Waals surface area contributed by atoms with Gasteiger partial charge >= 0.3 is 0 Å². The maximum atomic E-state index is 2.43. The summed E-state index contributed by atoms with van der Waals surface area (Å²) >= 11 is 0. The largest absolute Gasteiger partial charge is 0.325 e. The Hall–Kier alpha value is -1.54. The second-order valence-electron chi connectivity index (χ2n) is 14.6. The first-order chi connectivity index (χ1) is 22.6. The molecule has 2 rings (SSSR count). The minimum atomic E-state index is -0.685. The number of quaternary nitrogens is 1. The zero-order valence-electron chi connectivity index (χ0n) is 32.2. The van der Waals surface area contributed by atoms with Crippen LogP contribution in [0.3, 0.4) is 0 Å². The van der Waals surface area contributed by atoms with Crippen LogP contribution >= 0.6 is 0 Å². The summed E-state index contributed by atoms with van der Waals surface area (Å²) in [5, 5.41) is 0. The van der Waals surface area contributed by atoms with E-state index in [1.54, 1.807) is 10.9 Å². The predicted molar refractivity (Wildman–Crippen MR) is 214 cm³/mol. The molecule has 0 spiro atoms. The average molecular weight is 634 g/mol. The second kappa shape index (κ2) is 28.5. The number of hydrogen-bond acceptors (Lipinski definition) is 0. The summed E-state index contributed by atoms with van der Waals surface area (Å²) in [6.07, 6.45) is 30.3. The number of rotatable bonds is 28. The van der Waals surface area contributed by atoms with E-state index in [2.05, 4.69) is 102 Å². The molecule has 2 aromatic carbocycles. The summed E-state index contributed by atoms with van der Waals surface area (Å²) in [4.78, 5) is 0. The third kappa shape index (κ3) is 17.6. The zero-order valence-corrected chi connectivity index (χ0v) is 32.2. The van der Waals surface area contributed by atoms with Crippen LogP contribution < -0.4 is 10.9 Å². The van der Waals surface area contributed by atoms with Crippen molar-refractivity contribution in [2.75, 3.05) is 26.2 Å². The lowest BCUT2D eigenvalue weighted by atomic mass is 9.15. The van der Waals surface area contributed by atoms with Crippen molar-refractivity contribution in [1.29, 1.82) is 0 Å². The minimum Gasteiger partial charge on any atom is -0.325 e. The molecule has 0 heterocycles. The van der Waals surface area contributed by atoms with Gasteiger partial charge in [0.15, 0.2) is 0 Å². The number of hydrogen-bond donors (Lipinski definition) is 0. The van der Waals surface area contributed by atoms with Crippen molar-refractivity contribution in [2.24, 2.45) is 0 Å². The van der Waals surface area contributed by atoms with E-state index < -0.39 is 6.15 Å². The highest BCUT2D eigenvalue weighted by Gasteiger charge is 2.27. The highest BCUT2D eigenvalue weighted by Crippen LogP contribution is 2.25. The summed E-state index contributed by atoms with van der Waals surface area (Å²) in [6, 6.07) is 23.2. The molecule has 46 heavy (non-hydrogen) atoms. The smallest absolute Gasteiger partial charge is 0.0757 e. The van der Waals surface area contributed by atoms with Crippen molar-refractivity contribution in [3.8, 4) is 0 Å². The van der Waals surface area contributed by atoms with Crippen molar-refractivity contribution in [2.45, 2.75) is 183 Å². The van der Waals surface area contributed by atoms with Crippen LogP contribution in [0.1, 0.15) is 170 Å². The van der Waals surface area contributed by atoms with Crippen LogP contribution in [0, 0.1) is 0 Å². The van der Waals surface area contributed by atoms with E-state index in [4.69, 9.17) is 0 Å². The Morgan fingerprint density at radius 1 is 0.348 bits per heavy atom. The number of unbranched alkanes of at least 4 members (excludes halogenated alkanes) is 18. The van der Waals surface area contributed by atoms with Crippen LogP contribution in [0.2, 0.25) is 12.6 Å². The van der Waals surface area contributed by atoms with E-state index in [9.17, 15) is 0 Å². The maximum absolute atomic E-state index is 2.43. The van der Waals surface area contributed by atoms with Gasteiger partial charge in [-0.2, -0.15) is 12.6 Å². The van der Waals surface area contributed by atoms with Gasteiger partial charge < -0.3 is 4.48 Å². The van der Waals surface area contributed by atoms with E-state index >= 15 is 0 Å². The normalized spacial score (nSPS) is 11.8. The molecule has 0 aliphatic carbocycles. The van der Waals surface area contributed by atoms with E-state index in [0.29, 0.717) is 0 Å². The summed E-state index contributed by atoms with van der Waals surface area (Å²) in [5.41, 5.74) is 3.20. The van der Waals surface area contributed by atoms with Crippen LogP contribution in [0.5, 0.6) is 0 Å². The lowest BCUT2D eigenvalue weighted by Crippen LogP contribution is -2.58. The zero-order chi connectivity index (χ0) is 33.6. The Morgan fingerprint density at radius 2 is 0.609 bits per heavy atom.